The summed E-state index contributed by atoms with van der Waals surface area (Å²) in [6.07, 6.45) is -5.47. The molecule has 0 aromatic carbocycles. The fraction of sp³-hybridized carbons (Fsp3) is 0.600. The molecule has 1 fully saturated rings. The Balaban J connectivity index is 1.72. The van der Waals surface area contributed by atoms with E-state index in [1.54, 1.807) is 0 Å². The zero-order chi connectivity index (χ0) is 20.9. The highest BCUT2D eigenvalue weighted by atomic mass is 32.1. The van der Waals surface area contributed by atoms with E-state index in [0.717, 1.165) is 0 Å². The predicted octanol–water partition coefficient (Wildman–Crippen LogP) is -1.42. The normalized spacial score (nSPS) is 29.4. The highest BCUT2D eigenvalue weighted by molar-refractivity contribution is 7.71. The maximum Gasteiger partial charge on any atom is 0.481 e. The summed E-state index contributed by atoms with van der Waals surface area (Å²) in [5.74, 6) is 0.370. The summed E-state index contributed by atoms with van der Waals surface area (Å²) in [5.41, 5.74) is 6.07. The molecule has 0 amide bonds. The molecule has 15 nitrogen and oxygen atoms in total. The molecular formula is C10H17N5O10P2S. The van der Waals surface area contributed by atoms with Crippen LogP contribution in [0.3, 0.4) is 0 Å². The number of nitrogen functional groups attached to an aromatic ring is 1. The number of fused-ring (bicyclic) bond motifs is 1. The van der Waals surface area contributed by atoms with E-state index in [2.05, 4.69) is 24.1 Å². The number of phosphoric ester groups is 1. The summed E-state index contributed by atoms with van der Waals surface area (Å²) >= 11 is 5.09. The Morgan fingerprint density at radius 1 is 1.32 bits per heavy atom. The quantitative estimate of drug-likeness (QED) is 0.179. The average Bonchev–Trinajstić information content (AvgIpc) is 3.06. The van der Waals surface area contributed by atoms with Gasteiger partial charge in [0.05, 0.1) is 13.3 Å². The van der Waals surface area contributed by atoms with E-state index < -0.39 is 46.8 Å². The molecule has 1 saturated heterocycles. The first-order valence-corrected chi connectivity index (χ1v) is 11.0. The number of aromatic nitrogens is 2. The molecular weight excluding hydrogens is 444 g/mol. The Labute approximate surface area is 161 Å². The predicted molar refractivity (Wildman–Crippen MR) is 94.4 cm³/mol. The number of ether oxygens (including phenoxy) is 1. The van der Waals surface area contributed by atoms with Gasteiger partial charge in [-0.15, -0.1) is 0 Å². The molecule has 2 aliphatic heterocycles. The minimum Gasteiger partial charge on any atom is -0.387 e. The third-order valence-electron chi connectivity index (χ3n) is 3.89. The highest BCUT2D eigenvalue weighted by Gasteiger charge is 2.48. The number of nitrogens with zero attached hydrogens (tertiary/aromatic N) is 2. The number of aliphatic hydroxyl groups is 2. The van der Waals surface area contributed by atoms with E-state index in [4.69, 9.17) is 32.5 Å². The highest BCUT2D eigenvalue weighted by Crippen LogP contribution is 2.57. The van der Waals surface area contributed by atoms with Gasteiger partial charge >= 0.3 is 15.6 Å². The van der Waals surface area contributed by atoms with Crippen molar-refractivity contribution < 1.29 is 47.6 Å². The Morgan fingerprint density at radius 2 is 2.00 bits per heavy atom. The van der Waals surface area contributed by atoms with Gasteiger partial charge in [0.1, 0.15) is 29.8 Å². The molecule has 158 valence electrons. The molecule has 0 spiro atoms. The van der Waals surface area contributed by atoms with Crippen molar-refractivity contribution in [1.29, 1.82) is 0 Å². The minimum absolute atomic E-state index is 0.0150. The SMILES string of the molecule is Nc1nc(=S)c2c([nH]1)N([C@@H]1O[C@H](COP(=O)(O)OP(=O)(O)O)[C@@H](O)[C@H]1O)CN2. The van der Waals surface area contributed by atoms with Crippen molar-refractivity contribution in [2.75, 3.05) is 29.2 Å². The van der Waals surface area contributed by atoms with Crippen molar-refractivity contribution in [2.45, 2.75) is 24.5 Å². The van der Waals surface area contributed by atoms with Crippen LogP contribution < -0.4 is 16.0 Å². The third-order valence-corrected chi connectivity index (χ3v) is 6.34. The van der Waals surface area contributed by atoms with Gasteiger partial charge in [0.15, 0.2) is 16.8 Å². The smallest absolute Gasteiger partial charge is 0.387 e. The number of phosphoric acid groups is 2. The second-order valence-electron chi connectivity index (χ2n) is 5.84. The van der Waals surface area contributed by atoms with Crippen LogP contribution in [0.25, 0.3) is 0 Å². The molecule has 18 heteroatoms. The molecule has 2 aliphatic rings. The molecule has 5 atom stereocenters. The summed E-state index contributed by atoms with van der Waals surface area (Å²) in [7, 11) is -10.4. The number of hydrogen-bond donors (Lipinski definition) is 8. The van der Waals surface area contributed by atoms with E-state index in [1.165, 1.54) is 4.90 Å². The van der Waals surface area contributed by atoms with Gasteiger partial charge in [-0.1, -0.05) is 12.2 Å². The van der Waals surface area contributed by atoms with Crippen LogP contribution >= 0.6 is 27.9 Å². The monoisotopic (exact) mass is 461 g/mol. The first kappa shape index (κ1) is 21.5. The molecule has 0 radical (unpaired) electrons. The third kappa shape index (κ3) is 4.53. The zero-order valence-electron chi connectivity index (χ0n) is 13.8. The van der Waals surface area contributed by atoms with Crippen molar-refractivity contribution in [3.05, 3.63) is 4.64 Å². The minimum atomic E-state index is -5.29. The van der Waals surface area contributed by atoms with Crippen LogP contribution in [0.4, 0.5) is 17.5 Å². The van der Waals surface area contributed by atoms with Crippen molar-refractivity contribution in [3.63, 3.8) is 0 Å². The Hall–Kier alpha value is -1.16. The number of aromatic amines is 1. The lowest BCUT2D eigenvalue weighted by Crippen LogP contribution is -2.44. The molecule has 0 bridgehead atoms. The summed E-state index contributed by atoms with van der Waals surface area (Å²) in [5, 5.41) is 23.4. The number of nitrogens with one attached hydrogen (secondary N) is 2. The molecule has 1 aromatic rings. The van der Waals surface area contributed by atoms with Gasteiger partial charge in [-0.25, -0.2) is 14.1 Å². The number of H-pyrrole nitrogens is 1. The lowest BCUT2D eigenvalue weighted by Gasteiger charge is -2.27. The topological polar surface area (TPSA) is 233 Å². The maximum atomic E-state index is 11.5. The summed E-state index contributed by atoms with van der Waals surface area (Å²) in [6.45, 7) is -0.687. The molecule has 28 heavy (non-hydrogen) atoms. The van der Waals surface area contributed by atoms with Crippen LogP contribution in [0, 0.1) is 4.64 Å². The number of nitrogens with two attached hydrogens (primary N) is 1. The number of rotatable bonds is 6. The molecule has 1 aromatic heterocycles. The number of aliphatic hydroxyl groups excluding tert-OH is 2. The lowest BCUT2D eigenvalue weighted by atomic mass is 10.1. The molecule has 0 saturated carbocycles. The number of anilines is 3. The molecule has 3 heterocycles. The van der Waals surface area contributed by atoms with Crippen LogP contribution in [0.15, 0.2) is 0 Å². The zero-order valence-corrected chi connectivity index (χ0v) is 16.4. The van der Waals surface area contributed by atoms with Gasteiger partial charge in [-0.3, -0.25) is 4.52 Å². The standard InChI is InChI=1S/C10H17N5O10P2S/c11-10-13-7-4(8(28)14-10)12-2-15(7)9-6(17)5(16)3(24-9)1-23-27(21,22)25-26(18,19)20/h3,5-6,9,12,16-17H,1-2H2,(H,21,22)(H2,18,19,20)(H3,11,13,14,28)/t3-,5-,6-,9-/m1/s1. The van der Waals surface area contributed by atoms with Gasteiger partial charge in [0.2, 0.25) is 0 Å². The second-order valence-corrected chi connectivity index (χ2v) is 9.05. The van der Waals surface area contributed by atoms with Gasteiger partial charge < -0.3 is 50.6 Å². The van der Waals surface area contributed by atoms with Gasteiger partial charge in [0, 0.05) is 0 Å². The average molecular weight is 461 g/mol. The van der Waals surface area contributed by atoms with E-state index in [1.807, 2.05) is 0 Å². The lowest BCUT2D eigenvalue weighted by molar-refractivity contribution is -0.0215. The fourth-order valence-electron chi connectivity index (χ4n) is 2.76. The molecule has 3 rings (SSSR count). The molecule has 1 unspecified atom stereocenters. The summed E-state index contributed by atoms with van der Waals surface area (Å²) < 4.78 is 35.9. The van der Waals surface area contributed by atoms with Gasteiger partial charge in [-0.05, 0) is 0 Å². The van der Waals surface area contributed by atoms with E-state index in [0.29, 0.717) is 11.5 Å². The van der Waals surface area contributed by atoms with Crippen LogP contribution in [-0.2, 0) is 22.7 Å². The van der Waals surface area contributed by atoms with Crippen LogP contribution in [0.1, 0.15) is 0 Å². The Bertz CT molecular complexity index is 909. The van der Waals surface area contributed by atoms with Gasteiger partial charge in [-0.2, -0.15) is 4.31 Å². The van der Waals surface area contributed by atoms with E-state index >= 15 is 0 Å². The number of hydrogen-bond acceptors (Lipinski definition) is 12. The summed E-state index contributed by atoms with van der Waals surface area (Å²) in [6, 6.07) is 0. The molecule has 0 aliphatic carbocycles. The van der Waals surface area contributed by atoms with Crippen LogP contribution in [0.5, 0.6) is 0 Å². The largest absolute Gasteiger partial charge is 0.481 e. The van der Waals surface area contributed by atoms with Crippen LogP contribution in [0.2, 0.25) is 0 Å². The van der Waals surface area contributed by atoms with Crippen molar-refractivity contribution in [2.24, 2.45) is 0 Å². The van der Waals surface area contributed by atoms with Crippen molar-refractivity contribution in [3.8, 4) is 0 Å². The van der Waals surface area contributed by atoms with Gasteiger partial charge in [0.25, 0.3) is 0 Å². The summed E-state index contributed by atoms with van der Waals surface area (Å²) in [4.78, 5) is 34.5. The van der Waals surface area contributed by atoms with E-state index in [-0.39, 0.29) is 17.3 Å². The molecule has 9 N–H and O–H groups in total. The van der Waals surface area contributed by atoms with Crippen molar-refractivity contribution in [1.82, 2.24) is 9.97 Å². The van der Waals surface area contributed by atoms with E-state index in [9.17, 15) is 24.2 Å². The Morgan fingerprint density at radius 3 is 2.64 bits per heavy atom. The van der Waals surface area contributed by atoms with Crippen LogP contribution in [-0.4, -0.2) is 72.7 Å². The maximum absolute atomic E-state index is 11.5. The second kappa shape index (κ2) is 7.59. The first-order valence-electron chi connectivity index (χ1n) is 7.54. The Kier molecular flexibility index (Phi) is 5.84. The van der Waals surface area contributed by atoms with Crippen molar-refractivity contribution >= 4 is 45.3 Å². The first-order chi connectivity index (χ1) is 12.9. The fourth-order valence-corrected chi connectivity index (χ4v) is 4.63.